The molecular weight excluding hydrogens is 221 g/mol. The molecule has 0 bridgehead atoms. The molecule has 92 valence electrons. The summed E-state index contributed by atoms with van der Waals surface area (Å²) in [4.78, 5) is 12.9. The molecule has 1 aliphatic carbocycles. The van der Waals surface area contributed by atoms with Gasteiger partial charge in [0.15, 0.2) is 0 Å². The van der Waals surface area contributed by atoms with E-state index in [2.05, 4.69) is 11.8 Å². The van der Waals surface area contributed by atoms with Crippen molar-refractivity contribution in [3.8, 4) is 0 Å². The lowest BCUT2D eigenvalue weighted by atomic mass is 10.1. The fourth-order valence-corrected chi connectivity index (χ4v) is 1.97. The van der Waals surface area contributed by atoms with Gasteiger partial charge in [-0.1, -0.05) is 13.0 Å². The third-order valence-corrected chi connectivity index (χ3v) is 3.14. The van der Waals surface area contributed by atoms with Gasteiger partial charge in [-0.05, 0) is 31.5 Å². The molecule has 1 N–H and O–H groups in total. The maximum Gasteiger partial charge on any atom is 0.335 e. The SMILES string of the molecule is CCN(Cc1ccc(C(=O)O)cc1F)C1CC1. The Morgan fingerprint density at radius 3 is 2.71 bits per heavy atom. The van der Waals surface area contributed by atoms with Crippen molar-refractivity contribution in [3.63, 3.8) is 0 Å². The first kappa shape index (κ1) is 12.0. The van der Waals surface area contributed by atoms with Crippen molar-refractivity contribution in [2.24, 2.45) is 0 Å². The van der Waals surface area contributed by atoms with Crippen LogP contribution in [0.5, 0.6) is 0 Å². The van der Waals surface area contributed by atoms with Crippen LogP contribution in [-0.2, 0) is 6.54 Å². The zero-order valence-corrected chi connectivity index (χ0v) is 9.82. The minimum absolute atomic E-state index is 0.000667. The summed E-state index contributed by atoms with van der Waals surface area (Å²) in [5.74, 6) is -1.52. The van der Waals surface area contributed by atoms with Crippen LogP contribution >= 0.6 is 0 Å². The Morgan fingerprint density at radius 2 is 2.24 bits per heavy atom. The molecule has 0 atom stereocenters. The molecule has 1 aliphatic rings. The van der Waals surface area contributed by atoms with Gasteiger partial charge < -0.3 is 5.11 Å². The number of halogens is 1. The van der Waals surface area contributed by atoms with Gasteiger partial charge in [-0.15, -0.1) is 0 Å². The van der Waals surface area contributed by atoms with Gasteiger partial charge in [0.2, 0.25) is 0 Å². The van der Waals surface area contributed by atoms with Gasteiger partial charge >= 0.3 is 5.97 Å². The predicted molar refractivity (Wildman–Crippen MR) is 62.5 cm³/mol. The summed E-state index contributed by atoms with van der Waals surface area (Å²) in [6.45, 7) is 3.51. The number of aromatic carboxylic acids is 1. The molecule has 1 aromatic rings. The van der Waals surface area contributed by atoms with Crippen LogP contribution in [0.2, 0.25) is 0 Å². The summed E-state index contributed by atoms with van der Waals surface area (Å²) < 4.78 is 13.7. The molecule has 0 unspecified atom stereocenters. The van der Waals surface area contributed by atoms with Crippen LogP contribution in [0.1, 0.15) is 35.7 Å². The fraction of sp³-hybridized carbons (Fsp3) is 0.462. The normalized spacial score (nSPS) is 15.2. The minimum atomic E-state index is -1.09. The second-order valence-corrected chi connectivity index (χ2v) is 4.41. The molecule has 0 heterocycles. The van der Waals surface area contributed by atoms with Crippen molar-refractivity contribution in [2.75, 3.05) is 6.54 Å². The molecule has 0 aliphatic heterocycles. The minimum Gasteiger partial charge on any atom is -0.478 e. The van der Waals surface area contributed by atoms with E-state index in [0.29, 0.717) is 18.2 Å². The molecule has 1 saturated carbocycles. The lowest BCUT2D eigenvalue weighted by molar-refractivity contribution is 0.0696. The van der Waals surface area contributed by atoms with E-state index in [-0.39, 0.29) is 5.56 Å². The van der Waals surface area contributed by atoms with Gasteiger partial charge in [0, 0.05) is 18.2 Å². The van der Waals surface area contributed by atoms with Crippen LogP contribution in [0.3, 0.4) is 0 Å². The number of hydrogen-bond acceptors (Lipinski definition) is 2. The Labute approximate surface area is 99.9 Å². The number of hydrogen-bond donors (Lipinski definition) is 1. The largest absolute Gasteiger partial charge is 0.478 e. The number of rotatable bonds is 5. The fourth-order valence-electron chi connectivity index (χ4n) is 1.97. The predicted octanol–water partition coefficient (Wildman–Crippen LogP) is 2.51. The lowest BCUT2D eigenvalue weighted by Crippen LogP contribution is -2.25. The number of carboxylic acids is 1. The molecule has 0 radical (unpaired) electrons. The Balaban J connectivity index is 2.12. The standard InChI is InChI=1S/C13H16FNO2/c1-2-15(11-5-6-11)8-10-4-3-9(13(16)17)7-12(10)14/h3-4,7,11H,2,5-6,8H2,1H3,(H,16,17). The Bertz CT molecular complexity index is 429. The van der Waals surface area contributed by atoms with E-state index in [4.69, 9.17) is 5.11 Å². The van der Waals surface area contributed by atoms with E-state index < -0.39 is 11.8 Å². The molecule has 1 aromatic carbocycles. The third kappa shape index (κ3) is 2.82. The van der Waals surface area contributed by atoms with Crippen LogP contribution in [-0.4, -0.2) is 28.6 Å². The van der Waals surface area contributed by atoms with E-state index in [1.54, 1.807) is 6.07 Å². The van der Waals surface area contributed by atoms with E-state index in [1.165, 1.54) is 18.9 Å². The van der Waals surface area contributed by atoms with Crippen LogP contribution in [0.4, 0.5) is 4.39 Å². The first-order valence-electron chi connectivity index (χ1n) is 5.87. The molecule has 0 spiro atoms. The topological polar surface area (TPSA) is 40.5 Å². The van der Waals surface area contributed by atoms with Gasteiger partial charge in [0.1, 0.15) is 5.82 Å². The molecular formula is C13H16FNO2. The van der Waals surface area contributed by atoms with Crippen LogP contribution in [0, 0.1) is 5.82 Å². The van der Waals surface area contributed by atoms with Crippen molar-refractivity contribution >= 4 is 5.97 Å². The van der Waals surface area contributed by atoms with Gasteiger partial charge in [0.05, 0.1) is 5.56 Å². The molecule has 17 heavy (non-hydrogen) atoms. The van der Waals surface area contributed by atoms with E-state index in [9.17, 15) is 9.18 Å². The summed E-state index contributed by atoms with van der Waals surface area (Å²) in [5.41, 5.74) is 0.574. The molecule has 0 saturated heterocycles. The first-order valence-corrected chi connectivity index (χ1v) is 5.87. The van der Waals surface area contributed by atoms with Gasteiger partial charge in [-0.25, -0.2) is 9.18 Å². The van der Waals surface area contributed by atoms with E-state index in [0.717, 1.165) is 12.6 Å². The summed E-state index contributed by atoms with van der Waals surface area (Å²) >= 11 is 0. The Morgan fingerprint density at radius 1 is 1.53 bits per heavy atom. The molecule has 4 heteroatoms. The van der Waals surface area contributed by atoms with Gasteiger partial charge in [-0.2, -0.15) is 0 Å². The number of carboxylic acid groups (broad SMARTS) is 1. The van der Waals surface area contributed by atoms with Gasteiger partial charge in [0.25, 0.3) is 0 Å². The number of benzene rings is 1. The third-order valence-electron chi connectivity index (χ3n) is 3.14. The summed E-state index contributed by atoms with van der Waals surface area (Å²) in [5, 5.41) is 8.75. The smallest absolute Gasteiger partial charge is 0.335 e. The maximum atomic E-state index is 13.7. The second-order valence-electron chi connectivity index (χ2n) is 4.41. The van der Waals surface area contributed by atoms with Crippen LogP contribution in [0.25, 0.3) is 0 Å². The highest BCUT2D eigenvalue weighted by Gasteiger charge is 2.28. The molecule has 3 nitrogen and oxygen atoms in total. The van der Waals surface area contributed by atoms with Crippen molar-refractivity contribution in [1.82, 2.24) is 4.90 Å². The Hall–Kier alpha value is -1.42. The van der Waals surface area contributed by atoms with Gasteiger partial charge in [-0.3, -0.25) is 4.90 Å². The summed E-state index contributed by atoms with van der Waals surface area (Å²) in [6, 6.07) is 4.71. The van der Waals surface area contributed by atoms with Crippen molar-refractivity contribution < 1.29 is 14.3 Å². The van der Waals surface area contributed by atoms with Crippen LogP contribution < -0.4 is 0 Å². The molecule has 0 amide bonds. The maximum absolute atomic E-state index is 13.7. The summed E-state index contributed by atoms with van der Waals surface area (Å²) in [7, 11) is 0. The zero-order valence-electron chi connectivity index (χ0n) is 9.82. The Kier molecular flexibility index (Phi) is 3.43. The van der Waals surface area contributed by atoms with Crippen molar-refractivity contribution in [3.05, 3.63) is 35.1 Å². The van der Waals surface area contributed by atoms with E-state index >= 15 is 0 Å². The molecule has 2 rings (SSSR count). The number of nitrogens with zero attached hydrogens (tertiary/aromatic N) is 1. The second kappa shape index (κ2) is 4.84. The first-order chi connectivity index (χ1) is 8.11. The average molecular weight is 237 g/mol. The molecule has 0 aromatic heterocycles. The number of carbonyl (C=O) groups is 1. The monoisotopic (exact) mass is 237 g/mol. The van der Waals surface area contributed by atoms with Crippen molar-refractivity contribution in [1.29, 1.82) is 0 Å². The highest BCUT2D eigenvalue weighted by molar-refractivity contribution is 5.87. The highest BCUT2D eigenvalue weighted by atomic mass is 19.1. The zero-order chi connectivity index (χ0) is 12.4. The lowest BCUT2D eigenvalue weighted by Gasteiger charge is -2.20. The van der Waals surface area contributed by atoms with Crippen LogP contribution in [0.15, 0.2) is 18.2 Å². The quantitative estimate of drug-likeness (QED) is 0.855. The highest BCUT2D eigenvalue weighted by Crippen LogP contribution is 2.28. The average Bonchev–Trinajstić information content (AvgIpc) is 3.11. The van der Waals surface area contributed by atoms with E-state index in [1.807, 2.05) is 0 Å². The summed E-state index contributed by atoms with van der Waals surface area (Å²) in [6.07, 6.45) is 2.37. The molecule has 1 fully saturated rings. The van der Waals surface area contributed by atoms with Crippen molar-refractivity contribution in [2.45, 2.75) is 32.4 Å².